The SMILES string of the molecule is CCNC(=NCCc1csc(N2CCCC2)n1)NCCc1ccc(OC)cc1. The van der Waals surface area contributed by atoms with Gasteiger partial charge in [0.2, 0.25) is 0 Å². The van der Waals surface area contributed by atoms with E-state index in [1.165, 1.54) is 23.5 Å². The average molecular weight is 402 g/mol. The summed E-state index contributed by atoms with van der Waals surface area (Å²) in [5.74, 6) is 1.76. The van der Waals surface area contributed by atoms with Gasteiger partial charge in [0.1, 0.15) is 5.75 Å². The molecule has 7 heteroatoms. The number of anilines is 1. The third-order valence-corrected chi connectivity index (χ3v) is 5.71. The van der Waals surface area contributed by atoms with Crippen LogP contribution >= 0.6 is 11.3 Å². The van der Waals surface area contributed by atoms with Crippen LogP contribution in [0.3, 0.4) is 0 Å². The Balaban J connectivity index is 1.44. The fraction of sp³-hybridized carbons (Fsp3) is 0.524. The first kappa shape index (κ1) is 20.5. The van der Waals surface area contributed by atoms with Crippen molar-refractivity contribution >= 4 is 22.4 Å². The number of nitrogens with one attached hydrogen (secondary N) is 2. The van der Waals surface area contributed by atoms with Crippen molar-refractivity contribution in [3.8, 4) is 5.75 Å². The normalized spacial score (nSPS) is 14.4. The van der Waals surface area contributed by atoms with E-state index in [-0.39, 0.29) is 0 Å². The summed E-state index contributed by atoms with van der Waals surface area (Å²) in [7, 11) is 1.69. The summed E-state index contributed by atoms with van der Waals surface area (Å²) in [5, 5.41) is 10.1. The van der Waals surface area contributed by atoms with Crippen LogP contribution < -0.4 is 20.3 Å². The van der Waals surface area contributed by atoms with Gasteiger partial charge in [0.15, 0.2) is 11.1 Å². The first-order chi connectivity index (χ1) is 13.8. The van der Waals surface area contributed by atoms with Gasteiger partial charge in [-0.1, -0.05) is 12.1 Å². The van der Waals surface area contributed by atoms with Crippen molar-refractivity contribution in [2.45, 2.75) is 32.6 Å². The van der Waals surface area contributed by atoms with Crippen LogP contribution in [0.5, 0.6) is 5.75 Å². The van der Waals surface area contributed by atoms with E-state index in [0.717, 1.165) is 63.0 Å². The minimum absolute atomic E-state index is 0.737. The molecule has 2 aromatic rings. The van der Waals surface area contributed by atoms with E-state index >= 15 is 0 Å². The zero-order chi connectivity index (χ0) is 19.6. The van der Waals surface area contributed by atoms with E-state index in [0.29, 0.717) is 0 Å². The van der Waals surface area contributed by atoms with Crippen molar-refractivity contribution < 1.29 is 4.74 Å². The summed E-state index contributed by atoms with van der Waals surface area (Å²) in [6, 6.07) is 8.20. The Labute approximate surface area is 172 Å². The smallest absolute Gasteiger partial charge is 0.191 e. The van der Waals surface area contributed by atoms with E-state index < -0.39 is 0 Å². The van der Waals surface area contributed by atoms with E-state index in [1.54, 1.807) is 18.4 Å². The van der Waals surface area contributed by atoms with E-state index in [2.05, 4.69) is 40.0 Å². The van der Waals surface area contributed by atoms with Crippen LogP contribution in [0.2, 0.25) is 0 Å². The second kappa shape index (κ2) is 10.9. The molecule has 1 aromatic heterocycles. The first-order valence-corrected chi connectivity index (χ1v) is 11.0. The summed E-state index contributed by atoms with van der Waals surface area (Å²) < 4.78 is 5.20. The highest BCUT2D eigenvalue weighted by Gasteiger charge is 2.15. The van der Waals surface area contributed by atoms with Gasteiger partial charge in [-0.2, -0.15) is 0 Å². The van der Waals surface area contributed by atoms with Crippen LogP contribution in [0.1, 0.15) is 31.0 Å². The molecule has 1 aliphatic heterocycles. The number of ether oxygens (including phenoxy) is 1. The molecule has 0 aliphatic carbocycles. The highest BCUT2D eigenvalue weighted by molar-refractivity contribution is 7.13. The summed E-state index contributed by atoms with van der Waals surface area (Å²) >= 11 is 1.76. The third-order valence-electron chi connectivity index (χ3n) is 4.76. The standard InChI is InChI=1S/C21H31N5OS/c1-3-22-20(23-12-10-17-6-8-19(27-2)9-7-17)24-13-11-18-16-28-21(25-18)26-14-4-5-15-26/h6-9,16H,3-5,10-15H2,1-2H3,(H2,22,23,24). The molecule has 3 rings (SSSR count). The van der Waals surface area contributed by atoms with Gasteiger partial charge in [-0.25, -0.2) is 4.98 Å². The molecular formula is C21H31N5OS. The molecule has 2 N–H and O–H groups in total. The van der Waals surface area contributed by atoms with Crippen molar-refractivity contribution in [3.05, 3.63) is 40.9 Å². The predicted octanol–water partition coefficient (Wildman–Crippen LogP) is 3.09. The van der Waals surface area contributed by atoms with Gasteiger partial charge in [-0.05, 0) is 43.9 Å². The second-order valence-electron chi connectivity index (χ2n) is 6.85. The molecule has 28 heavy (non-hydrogen) atoms. The molecular weight excluding hydrogens is 370 g/mol. The lowest BCUT2D eigenvalue weighted by atomic mass is 10.1. The molecule has 0 atom stereocenters. The van der Waals surface area contributed by atoms with Crippen molar-refractivity contribution in [1.82, 2.24) is 15.6 Å². The molecule has 2 heterocycles. The number of aliphatic imine (C=N–C) groups is 1. The van der Waals surface area contributed by atoms with Crippen molar-refractivity contribution in [2.75, 3.05) is 44.7 Å². The Kier molecular flexibility index (Phi) is 7.96. The summed E-state index contributed by atoms with van der Waals surface area (Å²) in [6.07, 6.45) is 4.39. The molecule has 1 fully saturated rings. The summed E-state index contributed by atoms with van der Waals surface area (Å²) in [6.45, 7) is 6.81. The van der Waals surface area contributed by atoms with E-state index in [4.69, 9.17) is 14.7 Å². The van der Waals surface area contributed by atoms with Gasteiger partial charge < -0.3 is 20.3 Å². The molecule has 0 unspecified atom stereocenters. The Morgan fingerprint density at radius 3 is 2.68 bits per heavy atom. The number of nitrogens with zero attached hydrogens (tertiary/aromatic N) is 3. The third kappa shape index (κ3) is 6.12. The Bertz CT molecular complexity index is 738. The first-order valence-electron chi connectivity index (χ1n) is 10.1. The molecule has 1 saturated heterocycles. The van der Waals surface area contributed by atoms with E-state index in [9.17, 15) is 0 Å². The number of benzene rings is 1. The minimum Gasteiger partial charge on any atom is -0.497 e. The summed E-state index contributed by atoms with van der Waals surface area (Å²) in [4.78, 5) is 11.9. The maximum atomic E-state index is 5.20. The number of hydrogen-bond donors (Lipinski definition) is 2. The molecule has 0 amide bonds. The van der Waals surface area contributed by atoms with Crippen LogP contribution in [0.25, 0.3) is 0 Å². The average Bonchev–Trinajstić information content (AvgIpc) is 3.40. The number of hydrogen-bond acceptors (Lipinski definition) is 5. The lowest BCUT2D eigenvalue weighted by Gasteiger charge is -2.12. The number of guanidine groups is 1. The van der Waals surface area contributed by atoms with Crippen molar-refractivity contribution in [1.29, 1.82) is 0 Å². The zero-order valence-corrected chi connectivity index (χ0v) is 17.7. The monoisotopic (exact) mass is 401 g/mol. The molecule has 0 bridgehead atoms. The Morgan fingerprint density at radius 1 is 1.18 bits per heavy atom. The molecule has 152 valence electrons. The molecule has 6 nitrogen and oxygen atoms in total. The highest BCUT2D eigenvalue weighted by atomic mass is 32.1. The number of thiazole rings is 1. The fourth-order valence-corrected chi connectivity index (χ4v) is 4.12. The van der Waals surface area contributed by atoms with Crippen LogP contribution in [0, 0.1) is 0 Å². The van der Waals surface area contributed by atoms with Crippen molar-refractivity contribution in [2.24, 2.45) is 4.99 Å². The largest absolute Gasteiger partial charge is 0.497 e. The lowest BCUT2D eigenvalue weighted by Crippen LogP contribution is -2.38. The molecule has 0 spiro atoms. The number of rotatable bonds is 9. The van der Waals surface area contributed by atoms with Crippen LogP contribution in [0.4, 0.5) is 5.13 Å². The minimum atomic E-state index is 0.737. The van der Waals surface area contributed by atoms with Gasteiger partial charge in [-0.15, -0.1) is 11.3 Å². The zero-order valence-electron chi connectivity index (χ0n) is 16.9. The van der Waals surface area contributed by atoms with Gasteiger partial charge in [0.05, 0.1) is 12.8 Å². The molecule has 1 aliphatic rings. The van der Waals surface area contributed by atoms with Crippen LogP contribution in [0.15, 0.2) is 34.6 Å². The topological polar surface area (TPSA) is 61.8 Å². The van der Waals surface area contributed by atoms with Gasteiger partial charge >= 0.3 is 0 Å². The quantitative estimate of drug-likeness (QED) is 0.499. The number of methoxy groups -OCH3 is 1. The molecule has 1 aromatic carbocycles. The summed E-state index contributed by atoms with van der Waals surface area (Å²) in [5.41, 5.74) is 2.42. The molecule has 0 saturated carbocycles. The van der Waals surface area contributed by atoms with E-state index in [1.807, 2.05) is 12.1 Å². The lowest BCUT2D eigenvalue weighted by molar-refractivity contribution is 0.414. The molecule has 0 radical (unpaired) electrons. The number of aromatic nitrogens is 1. The Morgan fingerprint density at radius 2 is 1.96 bits per heavy atom. The van der Waals surface area contributed by atoms with Crippen LogP contribution in [-0.4, -0.2) is 50.8 Å². The van der Waals surface area contributed by atoms with Crippen LogP contribution in [-0.2, 0) is 12.8 Å². The van der Waals surface area contributed by atoms with Gasteiger partial charge in [0, 0.05) is 44.5 Å². The second-order valence-corrected chi connectivity index (χ2v) is 7.69. The van der Waals surface area contributed by atoms with Gasteiger partial charge in [-0.3, -0.25) is 4.99 Å². The van der Waals surface area contributed by atoms with Crippen molar-refractivity contribution in [3.63, 3.8) is 0 Å². The predicted molar refractivity (Wildman–Crippen MR) is 118 cm³/mol. The maximum Gasteiger partial charge on any atom is 0.191 e. The fourth-order valence-electron chi connectivity index (χ4n) is 3.21. The Hall–Kier alpha value is -2.28. The highest BCUT2D eigenvalue weighted by Crippen LogP contribution is 2.24. The maximum absolute atomic E-state index is 5.20. The van der Waals surface area contributed by atoms with Gasteiger partial charge in [0.25, 0.3) is 0 Å².